The largest absolute Gasteiger partial charge is 0.465 e. The molecule has 4 nitrogen and oxygen atoms in total. The monoisotopic (exact) mass is 327 g/mol. The molecule has 0 spiro atoms. The van der Waals surface area contributed by atoms with Gasteiger partial charge in [0.05, 0.1) is 12.7 Å². The van der Waals surface area contributed by atoms with Crippen molar-refractivity contribution < 1.29 is 14.3 Å². The van der Waals surface area contributed by atoms with Crippen LogP contribution in [0.4, 0.5) is 5.69 Å². The van der Waals surface area contributed by atoms with E-state index in [4.69, 9.17) is 0 Å². The first kappa shape index (κ1) is 15.7. The molecule has 1 aromatic carbocycles. The highest BCUT2D eigenvalue weighted by molar-refractivity contribution is 9.09. The molecule has 0 unspecified atom stereocenters. The Morgan fingerprint density at radius 1 is 1.32 bits per heavy atom. The lowest BCUT2D eigenvalue weighted by molar-refractivity contribution is -0.116. The van der Waals surface area contributed by atoms with Gasteiger partial charge in [0, 0.05) is 17.4 Å². The Morgan fingerprint density at radius 3 is 2.63 bits per heavy atom. The molecule has 0 saturated heterocycles. The first-order chi connectivity index (χ1) is 9.08. The van der Waals surface area contributed by atoms with E-state index < -0.39 is 0 Å². The van der Waals surface area contributed by atoms with Gasteiger partial charge >= 0.3 is 5.97 Å². The zero-order chi connectivity index (χ0) is 14.3. The maximum Gasteiger partial charge on any atom is 0.337 e. The number of anilines is 1. The zero-order valence-electron chi connectivity index (χ0n) is 11.2. The number of methoxy groups -OCH3 is 1. The molecule has 1 rings (SSSR count). The van der Waals surface area contributed by atoms with Crippen LogP contribution in [0, 0.1) is 6.92 Å². The summed E-state index contributed by atoms with van der Waals surface area (Å²) in [5.74, 6) is -0.381. The van der Waals surface area contributed by atoms with Crippen molar-refractivity contribution in [2.75, 3.05) is 17.8 Å². The molecule has 19 heavy (non-hydrogen) atoms. The van der Waals surface area contributed by atoms with E-state index in [0.717, 1.165) is 29.4 Å². The summed E-state index contributed by atoms with van der Waals surface area (Å²) in [7, 11) is 1.34. The van der Waals surface area contributed by atoms with Gasteiger partial charge in [-0.1, -0.05) is 15.9 Å². The van der Waals surface area contributed by atoms with Crippen LogP contribution in [0.5, 0.6) is 0 Å². The van der Waals surface area contributed by atoms with Crippen LogP contribution in [0.3, 0.4) is 0 Å². The minimum absolute atomic E-state index is 0.00475. The number of rotatable bonds is 6. The summed E-state index contributed by atoms with van der Waals surface area (Å²) < 4.78 is 4.65. The lowest BCUT2D eigenvalue weighted by atomic mass is 10.1. The van der Waals surface area contributed by atoms with Crippen LogP contribution in [-0.2, 0) is 9.53 Å². The highest BCUT2D eigenvalue weighted by Crippen LogP contribution is 2.17. The van der Waals surface area contributed by atoms with Gasteiger partial charge in [0.1, 0.15) is 0 Å². The third-order valence-corrected chi connectivity index (χ3v) is 3.27. The van der Waals surface area contributed by atoms with E-state index in [1.165, 1.54) is 7.11 Å². The van der Waals surface area contributed by atoms with Gasteiger partial charge in [0.15, 0.2) is 0 Å². The highest BCUT2D eigenvalue weighted by atomic mass is 79.9. The summed E-state index contributed by atoms with van der Waals surface area (Å²) in [5.41, 5.74) is 2.06. The van der Waals surface area contributed by atoms with Gasteiger partial charge in [-0.05, 0) is 43.5 Å². The number of hydrogen-bond donors (Lipinski definition) is 1. The maximum atomic E-state index is 11.7. The molecule has 0 atom stereocenters. The molecule has 0 saturated carbocycles. The van der Waals surface area contributed by atoms with Crippen molar-refractivity contribution >= 4 is 33.5 Å². The molecule has 1 aromatic rings. The number of esters is 1. The number of nitrogens with one attached hydrogen (secondary N) is 1. The summed E-state index contributed by atoms with van der Waals surface area (Å²) in [6.45, 7) is 1.85. The minimum Gasteiger partial charge on any atom is -0.465 e. The van der Waals surface area contributed by atoms with E-state index in [9.17, 15) is 9.59 Å². The number of alkyl halides is 1. The van der Waals surface area contributed by atoms with Crippen LogP contribution in [0.25, 0.3) is 0 Å². The normalized spacial score (nSPS) is 10.1. The first-order valence-corrected chi connectivity index (χ1v) is 7.25. The van der Waals surface area contributed by atoms with Crippen molar-refractivity contribution in [3.05, 3.63) is 29.3 Å². The van der Waals surface area contributed by atoms with Gasteiger partial charge in [-0.3, -0.25) is 4.79 Å². The topological polar surface area (TPSA) is 55.4 Å². The molecule has 0 aliphatic carbocycles. The molecule has 0 aromatic heterocycles. The highest BCUT2D eigenvalue weighted by Gasteiger charge is 2.09. The Bertz CT molecular complexity index is 460. The van der Waals surface area contributed by atoms with Crippen molar-refractivity contribution in [3.8, 4) is 0 Å². The molecular weight excluding hydrogens is 310 g/mol. The summed E-state index contributed by atoms with van der Waals surface area (Å²) in [6, 6.07) is 5.08. The van der Waals surface area contributed by atoms with Crippen LogP contribution in [-0.4, -0.2) is 24.3 Å². The van der Waals surface area contributed by atoms with Gasteiger partial charge in [0.25, 0.3) is 0 Å². The molecule has 0 aliphatic heterocycles. The van der Waals surface area contributed by atoms with Gasteiger partial charge < -0.3 is 10.1 Å². The van der Waals surface area contributed by atoms with Crippen LogP contribution in [0.2, 0.25) is 0 Å². The van der Waals surface area contributed by atoms with Gasteiger partial charge in [0.2, 0.25) is 5.91 Å². The Hall–Kier alpha value is -1.36. The van der Waals surface area contributed by atoms with Crippen molar-refractivity contribution in [1.29, 1.82) is 0 Å². The van der Waals surface area contributed by atoms with E-state index in [0.29, 0.717) is 12.0 Å². The number of benzene rings is 1. The van der Waals surface area contributed by atoms with Crippen LogP contribution in [0.1, 0.15) is 35.2 Å². The fourth-order valence-corrected chi connectivity index (χ4v) is 2.04. The van der Waals surface area contributed by atoms with Gasteiger partial charge in [-0.15, -0.1) is 0 Å². The molecule has 0 radical (unpaired) electrons. The smallest absolute Gasteiger partial charge is 0.337 e. The quantitative estimate of drug-likeness (QED) is 0.495. The average Bonchev–Trinajstić information content (AvgIpc) is 2.40. The Balaban J connectivity index is 2.64. The van der Waals surface area contributed by atoms with E-state index in [-0.39, 0.29) is 11.9 Å². The summed E-state index contributed by atoms with van der Waals surface area (Å²) in [5, 5.41) is 3.76. The van der Waals surface area contributed by atoms with E-state index in [1.807, 2.05) is 6.92 Å². The van der Waals surface area contributed by atoms with Crippen molar-refractivity contribution in [2.45, 2.75) is 26.2 Å². The summed E-state index contributed by atoms with van der Waals surface area (Å²) in [4.78, 5) is 23.1. The van der Waals surface area contributed by atoms with Crippen LogP contribution in [0.15, 0.2) is 18.2 Å². The maximum absolute atomic E-state index is 11.7. The molecule has 1 amide bonds. The number of ether oxygens (including phenoxy) is 1. The van der Waals surface area contributed by atoms with E-state index in [1.54, 1.807) is 18.2 Å². The fraction of sp³-hybridized carbons (Fsp3) is 0.429. The van der Waals surface area contributed by atoms with Crippen LogP contribution < -0.4 is 5.32 Å². The Labute approximate surface area is 121 Å². The number of aryl methyl sites for hydroxylation is 1. The Morgan fingerprint density at radius 2 is 2.05 bits per heavy atom. The number of hydrogen-bond acceptors (Lipinski definition) is 3. The molecule has 104 valence electrons. The van der Waals surface area contributed by atoms with Gasteiger partial charge in [-0.25, -0.2) is 4.79 Å². The lowest BCUT2D eigenvalue weighted by Crippen LogP contribution is -2.12. The first-order valence-electron chi connectivity index (χ1n) is 6.13. The summed E-state index contributed by atoms with van der Waals surface area (Å²) in [6.07, 6.45) is 2.34. The lowest BCUT2D eigenvalue weighted by Gasteiger charge is -2.09. The fourth-order valence-electron chi connectivity index (χ4n) is 1.64. The minimum atomic E-state index is -0.377. The predicted molar refractivity (Wildman–Crippen MR) is 78.8 cm³/mol. The van der Waals surface area contributed by atoms with Crippen molar-refractivity contribution in [3.63, 3.8) is 0 Å². The number of carbonyl (C=O) groups excluding carboxylic acids is 2. The molecule has 5 heteroatoms. The zero-order valence-corrected chi connectivity index (χ0v) is 12.7. The van der Waals surface area contributed by atoms with Gasteiger partial charge in [-0.2, -0.15) is 0 Å². The van der Waals surface area contributed by atoms with Crippen molar-refractivity contribution in [1.82, 2.24) is 0 Å². The number of unbranched alkanes of at least 4 members (excludes halogenated alkanes) is 1. The molecule has 0 bridgehead atoms. The number of carbonyl (C=O) groups is 2. The van der Waals surface area contributed by atoms with Crippen molar-refractivity contribution in [2.24, 2.45) is 0 Å². The van der Waals surface area contributed by atoms with Crippen LogP contribution >= 0.6 is 15.9 Å². The van der Waals surface area contributed by atoms with E-state index >= 15 is 0 Å². The second-order valence-corrected chi connectivity index (χ2v) is 5.01. The molecule has 0 heterocycles. The molecule has 0 fully saturated rings. The average molecular weight is 328 g/mol. The predicted octanol–water partition coefficient (Wildman–Crippen LogP) is 3.29. The Kier molecular flexibility index (Phi) is 6.56. The number of amides is 1. The second kappa shape index (κ2) is 7.94. The third-order valence-electron chi connectivity index (χ3n) is 2.71. The standard InChI is InChI=1S/C14H18BrNO3/c1-10-9-11(14(18)19-2)6-7-12(10)16-13(17)5-3-4-8-15/h6-7,9H,3-5,8H2,1-2H3,(H,16,17). The molecule has 1 N–H and O–H groups in total. The molecular formula is C14H18BrNO3. The molecule has 0 aliphatic rings. The number of halogens is 1. The van der Waals surface area contributed by atoms with E-state index in [2.05, 4.69) is 26.0 Å². The second-order valence-electron chi connectivity index (χ2n) is 4.22. The summed E-state index contributed by atoms with van der Waals surface area (Å²) >= 11 is 3.33. The SMILES string of the molecule is COC(=O)c1ccc(NC(=O)CCCCBr)c(C)c1. The third kappa shape index (κ3) is 5.03.